The number of nitrogens with zero attached hydrogens (tertiary/aromatic N) is 4. The molecule has 3 aromatic rings. The van der Waals surface area contributed by atoms with Gasteiger partial charge in [0, 0.05) is 32.6 Å². The number of para-hydroxylation sites is 2. The summed E-state index contributed by atoms with van der Waals surface area (Å²) in [7, 11) is 1.69. The molecule has 1 aliphatic rings. The Morgan fingerprint density at radius 1 is 1.32 bits per heavy atom. The second-order valence-electron chi connectivity index (χ2n) is 5.61. The highest BCUT2D eigenvalue weighted by molar-refractivity contribution is 5.72. The van der Waals surface area contributed by atoms with Gasteiger partial charge in [0.15, 0.2) is 5.58 Å². The fourth-order valence-corrected chi connectivity index (χ4v) is 2.87. The third kappa shape index (κ3) is 2.31. The minimum atomic E-state index is -0.0672. The third-order valence-electron chi connectivity index (χ3n) is 4.01. The molecule has 3 heterocycles. The number of oxazole rings is 1. The largest absolute Gasteiger partial charge is 0.439 e. The van der Waals surface area contributed by atoms with Crippen molar-refractivity contribution in [2.45, 2.75) is 19.5 Å². The van der Waals surface area contributed by atoms with E-state index in [0.29, 0.717) is 19.0 Å². The van der Waals surface area contributed by atoms with Gasteiger partial charge in [-0.15, -0.1) is 0 Å². The van der Waals surface area contributed by atoms with E-state index in [1.165, 1.54) is 4.68 Å². The van der Waals surface area contributed by atoms with Crippen LogP contribution in [0.25, 0.3) is 11.1 Å². The topological polar surface area (TPSA) is 64.2 Å². The van der Waals surface area contributed by atoms with Crippen molar-refractivity contribution in [3.8, 4) is 0 Å². The smallest absolute Gasteiger partial charge is 0.266 e. The van der Waals surface area contributed by atoms with Crippen LogP contribution in [0.5, 0.6) is 0 Å². The summed E-state index contributed by atoms with van der Waals surface area (Å²) in [6.45, 7) is 2.23. The molecule has 1 aromatic carbocycles. The van der Waals surface area contributed by atoms with Gasteiger partial charge in [-0.1, -0.05) is 12.1 Å². The second-order valence-corrected chi connectivity index (χ2v) is 5.61. The first-order chi connectivity index (χ1) is 10.7. The Hall–Kier alpha value is -2.47. The minimum absolute atomic E-state index is 0.0672. The number of fused-ring (bicyclic) bond motifs is 2. The van der Waals surface area contributed by atoms with E-state index in [1.54, 1.807) is 13.1 Å². The summed E-state index contributed by atoms with van der Waals surface area (Å²) in [6.07, 6.45) is 0.837. The zero-order valence-electron chi connectivity index (χ0n) is 12.3. The van der Waals surface area contributed by atoms with Gasteiger partial charge >= 0.3 is 0 Å². The molecule has 0 aliphatic carbocycles. The summed E-state index contributed by atoms with van der Waals surface area (Å²) in [5, 5.41) is 4.33. The first-order valence-electron chi connectivity index (χ1n) is 7.32. The first-order valence-corrected chi connectivity index (χ1v) is 7.32. The molecular weight excluding hydrogens is 280 g/mol. The van der Waals surface area contributed by atoms with Crippen LogP contribution in [-0.4, -0.2) is 26.2 Å². The van der Waals surface area contributed by atoms with Gasteiger partial charge in [0.05, 0.1) is 12.2 Å². The van der Waals surface area contributed by atoms with E-state index in [9.17, 15) is 4.79 Å². The van der Waals surface area contributed by atoms with E-state index in [1.807, 2.05) is 24.3 Å². The quantitative estimate of drug-likeness (QED) is 0.716. The maximum absolute atomic E-state index is 11.7. The van der Waals surface area contributed by atoms with E-state index in [4.69, 9.17) is 4.42 Å². The molecular formula is C16H16N4O2. The standard InChI is InChI=1S/C16H16N4O2/c1-19-16(21)8-11-9-20(7-6-12(11)18-19)10-15-17-13-4-2-3-5-14(13)22-15/h2-5,8H,6-7,9-10H2,1H3. The highest BCUT2D eigenvalue weighted by atomic mass is 16.3. The summed E-state index contributed by atoms with van der Waals surface area (Å²) < 4.78 is 7.17. The number of rotatable bonds is 2. The molecule has 2 aromatic heterocycles. The lowest BCUT2D eigenvalue weighted by Crippen LogP contribution is -2.34. The van der Waals surface area contributed by atoms with Crippen molar-refractivity contribution in [2.75, 3.05) is 6.54 Å². The summed E-state index contributed by atoms with van der Waals surface area (Å²) in [5.41, 5.74) is 3.64. The lowest BCUT2D eigenvalue weighted by atomic mass is 10.1. The Morgan fingerprint density at radius 3 is 3.05 bits per heavy atom. The van der Waals surface area contributed by atoms with Crippen molar-refractivity contribution >= 4 is 11.1 Å². The molecule has 0 spiro atoms. The molecule has 0 N–H and O–H groups in total. The van der Waals surface area contributed by atoms with E-state index < -0.39 is 0 Å². The number of hydrogen-bond donors (Lipinski definition) is 0. The fourth-order valence-electron chi connectivity index (χ4n) is 2.87. The second kappa shape index (κ2) is 5.06. The van der Waals surface area contributed by atoms with Gasteiger partial charge in [0.1, 0.15) is 5.52 Å². The van der Waals surface area contributed by atoms with Gasteiger partial charge in [-0.2, -0.15) is 5.10 Å². The third-order valence-corrected chi connectivity index (χ3v) is 4.01. The van der Waals surface area contributed by atoms with Crippen molar-refractivity contribution < 1.29 is 4.42 Å². The van der Waals surface area contributed by atoms with Crippen molar-refractivity contribution in [1.82, 2.24) is 19.7 Å². The normalized spacial score (nSPS) is 15.1. The summed E-state index contributed by atoms with van der Waals surface area (Å²) in [4.78, 5) is 18.5. The van der Waals surface area contributed by atoms with Crippen molar-refractivity contribution in [3.05, 3.63) is 57.8 Å². The summed E-state index contributed by atoms with van der Waals surface area (Å²) in [6, 6.07) is 9.44. The highest BCUT2D eigenvalue weighted by Crippen LogP contribution is 2.20. The Bertz CT molecular complexity index is 864. The number of benzene rings is 1. The molecule has 1 aliphatic heterocycles. The van der Waals surface area contributed by atoms with Crippen LogP contribution >= 0.6 is 0 Å². The average molecular weight is 296 g/mol. The van der Waals surface area contributed by atoms with E-state index in [0.717, 1.165) is 35.3 Å². The molecule has 6 nitrogen and oxygen atoms in total. The van der Waals surface area contributed by atoms with Crippen molar-refractivity contribution in [2.24, 2.45) is 7.05 Å². The average Bonchev–Trinajstić information content (AvgIpc) is 2.91. The van der Waals surface area contributed by atoms with Crippen LogP contribution in [0, 0.1) is 0 Å². The van der Waals surface area contributed by atoms with Crippen LogP contribution in [0.2, 0.25) is 0 Å². The number of aromatic nitrogens is 3. The van der Waals surface area contributed by atoms with Gasteiger partial charge in [-0.25, -0.2) is 9.67 Å². The number of aryl methyl sites for hydroxylation is 1. The molecule has 22 heavy (non-hydrogen) atoms. The first kappa shape index (κ1) is 13.2. The molecule has 0 amide bonds. The van der Waals surface area contributed by atoms with Gasteiger partial charge in [-0.3, -0.25) is 9.69 Å². The van der Waals surface area contributed by atoms with Gasteiger partial charge in [-0.05, 0) is 17.7 Å². The lowest BCUT2D eigenvalue weighted by Gasteiger charge is -2.26. The Kier molecular flexibility index (Phi) is 3.04. The maximum Gasteiger partial charge on any atom is 0.266 e. The zero-order valence-corrected chi connectivity index (χ0v) is 12.3. The molecule has 4 rings (SSSR count). The van der Waals surface area contributed by atoms with Crippen LogP contribution in [0.15, 0.2) is 39.5 Å². The summed E-state index contributed by atoms with van der Waals surface area (Å²) >= 11 is 0. The van der Waals surface area contributed by atoms with Gasteiger partial charge < -0.3 is 4.42 Å². The van der Waals surface area contributed by atoms with Crippen LogP contribution < -0.4 is 5.56 Å². The zero-order chi connectivity index (χ0) is 15.1. The Labute approximate surface area is 127 Å². The van der Waals surface area contributed by atoms with Gasteiger partial charge in [0.25, 0.3) is 5.56 Å². The van der Waals surface area contributed by atoms with Crippen LogP contribution in [-0.2, 0) is 26.6 Å². The monoisotopic (exact) mass is 296 g/mol. The molecule has 0 bridgehead atoms. The number of hydrogen-bond acceptors (Lipinski definition) is 5. The molecule has 0 unspecified atom stereocenters. The molecule has 112 valence electrons. The predicted octanol–water partition coefficient (Wildman–Crippen LogP) is 1.48. The fraction of sp³-hybridized carbons (Fsp3) is 0.312. The van der Waals surface area contributed by atoms with Crippen molar-refractivity contribution in [1.29, 1.82) is 0 Å². The molecule has 0 radical (unpaired) electrons. The maximum atomic E-state index is 11.7. The highest BCUT2D eigenvalue weighted by Gasteiger charge is 2.20. The van der Waals surface area contributed by atoms with Crippen LogP contribution in [0.4, 0.5) is 0 Å². The van der Waals surface area contributed by atoms with E-state index in [2.05, 4.69) is 15.0 Å². The van der Waals surface area contributed by atoms with E-state index >= 15 is 0 Å². The van der Waals surface area contributed by atoms with Crippen molar-refractivity contribution in [3.63, 3.8) is 0 Å². The van der Waals surface area contributed by atoms with E-state index in [-0.39, 0.29) is 5.56 Å². The summed E-state index contributed by atoms with van der Waals surface area (Å²) in [5.74, 6) is 0.710. The minimum Gasteiger partial charge on any atom is -0.439 e. The SMILES string of the molecule is Cn1nc2c(cc1=O)CN(Cc1nc3ccccc3o1)CC2. The Balaban J connectivity index is 1.57. The van der Waals surface area contributed by atoms with Crippen LogP contribution in [0.1, 0.15) is 17.1 Å². The molecule has 0 atom stereocenters. The van der Waals surface area contributed by atoms with Gasteiger partial charge in [0.2, 0.25) is 5.89 Å². The molecule has 0 fully saturated rings. The predicted molar refractivity (Wildman–Crippen MR) is 81.3 cm³/mol. The van der Waals surface area contributed by atoms with Crippen LogP contribution in [0.3, 0.4) is 0 Å². The lowest BCUT2D eigenvalue weighted by molar-refractivity contribution is 0.220. The molecule has 6 heteroatoms. The molecule has 0 saturated heterocycles. The Morgan fingerprint density at radius 2 is 2.18 bits per heavy atom. The molecule has 0 saturated carbocycles.